The Morgan fingerprint density at radius 2 is 1.74 bits per heavy atom. The molecule has 1 aromatic heterocycles. The number of ether oxygens (including phenoxy) is 2. The second-order valence-corrected chi connectivity index (χ2v) is 9.56. The molecule has 3 aromatic rings. The lowest BCUT2D eigenvalue weighted by atomic mass is 10.2. The molecule has 1 aliphatic rings. The van der Waals surface area contributed by atoms with Gasteiger partial charge < -0.3 is 19.7 Å². The van der Waals surface area contributed by atoms with Gasteiger partial charge in [-0.05, 0) is 36.7 Å². The summed E-state index contributed by atoms with van der Waals surface area (Å²) in [7, 11) is 3.23. The normalized spacial score (nSPS) is 14.6. The van der Waals surface area contributed by atoms with Gasteiger partial charge in [-0.3, -0.25) is 9.69 Å². The van der Waals surface area contributed by atoms with Gasteiger partial charge >= 0.3 is 0 Å². The van der Waals surface area contributed by atoms with Crippen molar-refractivity contribution in [3.63, 3.8) is 0 Å². The van der Waals surface area contributed by atoms with Crippen molar-refractivity contribution in [3.8, 4) is 22.1 Å². The van der Waals surface area contributed by atoms with Crippen molar-refractivity contribution in [2.75, 3.05) is 53.5 Å². The van der Waals surface area contributed by atoms with Gasteiger partial charge in [-0.15, -0.1) is 11.3 Å². The third kappa shape index (κ3) is 7.27. The topological polar surface area (TPSA) is 66.9 Å². The maximum absolute atomic E-state index is 12.4. The predicted molar refractivity (Wildman–Crippen MR) is 140 cm³/mol. The van der Waals surface area contributed by atoms with Crippen molar-refractivity contribution >= 4 is 17.2 Å². The van der Waals surface area contributed by atoms with Crippen molar-refractivity contribution < 1.29 is 14.3 Å². The zero-order chi connectivity index (χ0) is 24.5. The van der Waals surface area contributed by atoms with E-state index in [1.165, 1.54) is 16.9 Å². The average Bonchev–Trinajstić information content (AvgIpc) is 3.36. The number of aromatic nitrogens is 1. The molecule has 0 aliphatic carbocycles. The first kappa shape index (κ1) is 25.2. The number of nitrogens with zero attached hydrogens (tertiary/aromatic N) is 3. The van der Waals surface area contributed by atoms with Crippen LogP contribution in [0, 0.1) is 0 Å². The number of benzene rings is 2. The van der Waals surface area contributed by atoms with Crippen LogP contribution in [0.25, 0.3) is 10.6 Å². The second-order valence-electron chi connectivity index (χ2n) is 8.70. The summed E-state index contributed by atoms with van der Waals surface area (Å²) in [5.41, 5.74) is 3.11. The summed E-state index contributed by atoms with van der Waals surface area (Å²) in [6.45, 7) is 7.07. The van der Waals surface area contributed by atoms with E-state index in [0.717, 1.165) is 62.0 Å². The van der Waals surface area contributed by atoms with E-state index in [9.17, 15) is 4.79 Å². The largest absolute Gasteiger partial charge is 0.493 e. The molecule has 0 atom stereocenters. The fourth-order valence-corrected chi connectivity index (χ4v) is 5.08. The lowest BCUT2D eigenvalue weighted by Crippen LogP contribution is -2.46. The number of nitrogens with one attached hydrogen (secondary N) is 1. The van der Waals surface area contributed by atoms with Crippen LogP contribution in [-0.4, -0.2) is 74.2 Å². The number of rotatable bonds is 11. The molecule has 1 amide bonds. The number of piperazine rings is 1. The van der Waals surface area contributed by atoms with E-state index in [1.807, 2.05) is 23.6 Å². The molecule has 1 fully saturated rings. The summed E-state index contributed by atoms with van der Waals surface area (Å²) in [5, 5.41) is 5.85. The van der Waals surface area contributed by atoms with Crippen LogP contribution in [0.4, 0.5) is 0 Å². The molecular weight excluding hydrogens is 460 g/mol. The van der Waals surface area contributed by atoms with Crippen LogP contribution in [0.5, 0.6) is 11.5 Å². The number of hydrogen-bond donors (Lipinski definition) is 1. The zero-order valence-electron chi connectivity index (χ0n) is 20.5. The van der Waals surface area contributed by atoms with Gasteiger partial charge in [-0.1, -0.05) is 30.3 Å². The molecule has 4 rings (SSSR count). The third-order valence-corrected chi connectivity index (χ3v) is 7.15. The average molecular weight is 495 g/mol. The Bertz CT molecular complexity index is 1080. The molecule has 35 heavy (non-hydrogen) atoms. The molecule has 0 spiro atoms. The number of methoxy groups -OCH3 is 2. The molecular formula is C27H34N4O3S. The Morgan fingerprint density at radius 3 is 2.49 bits per heavy atom. The van der Waals surface area contributed by atoms with Crippen LogP contribution in [-0.2, 0) is 17.8 Å². The van der Waals surface area contributed by atoms with Gasteiger partial charge in [0.25, 0.3) is 0 Å². The quantitative estimate of drug-likeness (QED) is 0.410. The Labute approximate surface area is 211 Å². The Hall–Kier alpha value is -2.94. The summed E-state index contributed by atoms with van der Waals surface area (Å²) in [6.07, 6.45) is 1.25. The first-order valence-corrected chi connectivity index (χ1v) is 12.9. The molecule has 2 aromatic carbocycles. The van der Waals surface area contributed by atoms with Crippen LogP contribution in [0.3, 0.4) is 0 Å². The highest BCUT2D eigenvalue weighted by atomic mass is 32.1. The molecule has 186 valence electrons. The van der Waals surface area contributed by atoms with E-state index in [1.54, 1.807) is 14.2 Å². The number of amides is 1. The molecule has 1 saturated heterocycles. The van der Waals surface area contributed by atoms with Crippen LogP contribution in [0.15, 0.2) is 53.9 Å². The van der Waals surface area contributed by atoms with Gasteiger partial charge in [-0.25, -0.2) is 4.98 Å². The highest BCUT2D eigenvalue weighted by Gasteiger charge is 2.17. The summed E-state index contributed by atoms with van der Waals surface area (Å²) < 4.78 is 10.7. The van der Waals surface area contributed by atoms with E-state index < -0.39 is 0 Å². The van der Waals surface area contributed by atoms with Gasteiger partial charge in [-0.2, -0.15) is 0 Å². The standard InChI is InChI=1S/C27H34N4O3S/c1-33-24-10-9-22(17-25(24)34-2)27-29-23(20-35-27)18-26(32)28-11-6-12-30-13-15-31(16-14-30)19-21-7-4-3-5-8-21/h3-5,7-10,17,20H,6,11-16,18-19H2,1-2H3,(H,28,32). The van der Waals surface area contributed by atoms with Gasteiger partial charge in [0.1, 0.15) is 5.01 Å². The lowest BCUT2D eigenvalue weighted by Gasteiger charge is -2.34. The number of carbonyl (C=O) groups is 1. The molecule has 0 unspecified atom stereocenters. The molecule has 7 nitrogen and oxygen atoms in total. The van der Waals surface area contributed by atoms with E-state index in [4.69, 9.17) is 9.47 Å². The zero-order valence-corrected chi connectivity index (χ0v) is 21.4. The van der Waals surface area contributed by atoms with Crippen LogP contribution >= 0.6 is 11.3 Å². The van der Waals surface area contributed by atoms with E-state index >= 15 is 0 Å². The van der Waals surface area contributed by atoms with Crippen molar-refractivity contribution in [3.05, 3.63) is 65.2 Å². The van der Waals surface area contributed by atoms with Gasteiger partial charge in [0.05, 0.1) is 26.3 Å². The van der Waals surface area contributed by atoms with Crippen molar-refractivity contribution in [1.29, 1.82) is 0 Å². The van der Waals surface area contributed by atoms with Crippen molar-refractivity contribution in [1.82, 2.24) is 20.1 Å². The third-order valence-electron chi connectivity index (χ3n) is 6.21. The molecule has 8 heteroatoms. The molecule has 1 N–H and O–H groups in total. The fraction of sp³-hybridized carbons (Fsp3) is 0.407. The Balaban J connectivity index is 1.14. The highest BCUT2D eigenvalue weighted by Crippen LogP contribution is 2.33. The molecule has 0 bridgehead atoms. The smallest absolute Gasteiger partial charge is 0.226 e. The summed E-state index contributed by atoms with van der Waals surface area (Å²) in [4.78, 5) is 22.0. The van der Waals surface area contributed by atoms with Gasteiger partial charge in [0.15, 0.2) is 11.5 Å². The van der Waals surface area contributed by atoms with Gasteiger partial charge in [0, 0.05) is 50.2 Å². The summed E-state index contributed by atoms with van der Waals surface area (Å²) >= 11 is 1.53. The van der Waals surface area contributed by atoms with E-state index in [0.29, 0.717) is 24.5 Å². The first-order chi connectivity index (χ1) is 17.1. The fourth-order valence-electron chi connectivity index (χ4n) is 4.26. The number of thiazole rings is 1. The van der Waals surface area contributed by atoms with Crippen molar-refractivity contribution in [2.45, 2.75) is 19.4 Å². The maximum atomic E-state index is 12.4. The van der Waals surface area contributed by atoms with Gasteiger partial charge in [0.2, 0.25) is 5.91 Å². The van der Waals surface area contributed by atoms with Crippen LogP contribution in [0.2, 0.25) is 0 Å². The van der Waals surface area contributed by atoms with Crippen LogP contribution < -0.4 is 14.8 Å². The van der Waals surface area contributed by atoms with E-state index in [2.05, 4.69) is 50.4 Å². The minimum absolute atomic E-state index is 0.0156. The molecule has 0 saturated carbocycles. The predicted octanol–water partition coefficient (Wildman–Crippen LogP) is 3.69. The molecule has 2 heterocycles. The van der Waals surface area contributed by atoms with Crippen LogP contribution in [0.1, 0.15) is 17.7 Å². The summed E-state index contributed by atoms with van der Waals surface area (Å²) in [5.74, 6) is 1.36. The monoisotopic (exact) mass is 494 g/mol. The van der Waals surface area contributed by atoms with E-state index in [-0.39, 0.29) is 5.91 Å². The highest BCUT2D eigenvalue weighted by molar-refractivity contribution is 7.13. The minimum atomic E-state index is 0.0156. The van der Waals surface area contributed by atoms with Crippen molar-refractivity contribution in [2.24, 2.45) is 0 Å². The lowest BCUT2D eigenvalue weighted by molar-refractivity contribution is -0.120. The SMILES string of the molecule is COc1ccc(-c2nc(CC(=O)NCCCN3CCN(Cc4ccccc4)CC3)cs2)cc1OC. The maximum Gasteiger partial charge on any atom is 0.226 e. The Morgan fingerprint density at radius 1 is 1.00 bits per heavy atom. The number of carbonyl (C=O) groups excluding carboxylic acids is 1. The second kappa shape index (κ2) is 12.7. The number of hydrogen-bond acceptors (Lipinski definition) is 7. The Kier molecular flexibility index (Phi) is 9.11. The molecule has 0 radical (unpaired) electrons. The summed E-state index contributed by atoms with van der Waals surface area (Å²) in [6, 6.07) is 16.4. The molecule has 1 aliphatic heterocycles. The first-order valence-electron chi connectivity index (χ1n) is 12.1. The minimum Gasteiger partial charge on any atom is -0.493 e.